The standard InChI is InChI=1S/C16H24N2O/c1-12(2)18-8-9-19-16-6-5-13(11-15(16)18)10-14-4-3-7-17-14/h5-6,11-12,14,17H,3-4,7-10H2,1-2H3. The molecule has 19 heavy (non-hydrogen) atoms. The van der Waals surface area contributed by atoms with Crippen molar-refractivity contribution in [3.63, 3.8) is 0 Å². The SMILES string of the molecule is CC(C)N1CCOc2ccc(CC3CCCN3)cc21. The maximum atomic E-state index is 5.77. The van der Waals surface area contributed by atoms with Gasteiger partial charge in [-0.15, -0.1) is 0 Å². The topological polar surface area (TPSA) is 24.5 Å². The first-order valence-electron chi connectivity index (χ1n) is 7.50. The molecular weight excluding hydrogens is 236 g/mol. The molecule has 1 unspecified atom stereocenters. The lowest BCUT2D eigenvalue weighted by Crippen LogP contribution is -2.38. The van der Waals surface area contributed by atoms with Gasteiger partial charge in [-0.3, -0.25) is 0 Å². The average Bonchev–Trinajstić information content (AvgIpc) is 2.90. The lowest BCUT2D eigenvalue weighted by molar-refractivity contribution is 0.302. The van der Waals surface area contributed by atoms with Crippen molar-refractivity contribution in [2.75, 3.05) is 24.6 Å². The van der Waals surface area contributed by atoms with Crippen LogP contribution in [-0.4, -0.2) is 31.8 Å². The summed E-state index contributed by atoms with van der Waals surface area (Å²) in [6.45, 7) is 7.47. The van der Waals surface area contributed by atoms with Gasteiger partial charge in [0, 0.05) is 12.1 Å². The van der Waals surface area contributed by atoms with E-state index >= 15 is 0 Å². The second kappa shape index (κ2) is 5.41. The Balaban J connectivity index is 1.82. The lowest BCUT2D eigenvalue weighted by atomic mass is 10.0. The van der Waals surface area contributed by atoms with Gasteiger partial charge in [0.05, 0.1) is 12.2 Å². The van der Waals surface area contributed by atoms with Crippen LogP contribution in [-0.2, 0) is 6.42 Å². The minimum absolute atomic E-state index is 0.530. The monoisotopic (exact) mass is 260 g/mol. The van der Waals surface area contributed by atoms with Crippen LogP contribution in [0.25, 0.3) is 0 Å². The number of ether oxygens (including phenoxy) is 1. The van der Waals surface area contributed by atoms with Crippen LogP contribution in [0, 0.1) is 0 Å². The molecule has 1 saturated heterocycles. The molecule has 2 aliphatic heterocycles. The molecule has 1 aromatic carbocycles. The van der Waals surface area contributed by atoms with Crippen molar-refractivity contribution in [1.82, 2.24) is 5.32 Å². The molecule has 0 bridgehead atoms. The summed E-state index contributed by atoms with van der Waals surface area (Å²) in [6.07, 6.45) is 3.76. The number of anilines is 1. The molecule has 2 heterocycles. The Labute approximate surface area is 115 Å². The summed E-state index contributed by atoms with van der Waals surface area (Å²) < 4.78 is 5.77. The van der Waals surface area contributed by atoms with Gasteiger partial charge in [0.1, 0.15) is 12.4 Å². The average molecular weight is 260 g/mol. The van der Waals surface area contributed by atoms with Crippen LogP contribution < -0.4 is 15.0 Å². The Bertz CT molecular complexity index is 438. The molecule has 2 aliphatic rings. The summed E-state index contributed by atoms with van der Waals surface area (Å²) >= 11 is 0. The largest absolute Gasteiger partial charge is 0.490 e. The molecule has 104 valence electrons. The molecule has 1 atom stereocenters. The van der Waals surface area contributed by atoms with Gasteiger partial charge in [0.25, 0.3) is 0 Å². The number of benzene rings is 1. The minimum atomic E-state index is 0.530. The van der Waals surface area contributed by atoms with Crippen LogP contribution >= 0.6 is 0 Å². The smallest absolute Gasteiger partial charge is 0.142 e. The van der Waals surface area contributed by atoms with E-state index in [-0.39, 0.29) is 0 Å². The Morgan fingerprint density at radius 1 is 1.42 bits per heavy atom. The van der Waals surface area contributed by atoms with Gasteiger partial charge < -0.3 is 15.0 Å². The first-order chi connectivity index (χ1) is 9.24. The van der Waals surface area contributed by atoms with Crippen LogP contribution in [0.4, 0.5) is 5.69 Å². The van der Waals surface area contributed by atoms with E-state index in [0.29, 0.717) is 12.1 Å². The fourth-order valence-corrected chi connectivity index (χ4v) is 3.16. The second-order valence-corrected chi connectivity index (χ2v) is 5.94. The molecule has 0 amide bonds. The molecule has 3 rings (SSSR count). The van der Waals surface area contributed by atoms with Crippen LogP contribution in [0.2, 0.25) is 0 Å². The number of nitrogens with one attached hydrogen (secondary N) is 1. The molecule has 0 saturated carbocycles. The highest BCUT2D eigenvalue weighted by molar-refractivity contribution is 5.62. The van der Waals surface area contributed by atoms with E-state index in [1.165, 1.54) is 30.6 Å². The van der Waals surface area contributed by atoms with E-state index < -0.39 is 0 Å². The predicted octanol–water partition coefficient (Wildman–Crippen LogP) is 2.59. The summed E-state index contributed by atoms with van der Waals surface area (Å²) in [5, 5.41) is 3.57. The summed E-state index contributed by atoms with van der Waals surface area (Å²) in [7, 11) is 0. The van der Waals surface area contributed by atoms with Crippen molar-refractivity contribution >= 4 is 5.69 Å². The Hall–Kier alpha value is -1.22. The van der Waals surface area contributed by atoms with Crippen molar-refractivity contribution in [1.29, 1.82) is 0 Å². The zero-order valence-electron chi connectivity index (χ0n) is 12.0. The number of hydrogen-bond donors (Lipinski definition) is 1. The third-order valence-electron chi connectivity index (χ3n) is 4.19. The molecule has 3 nitrogen and oxygen atoms in total. The molecule has 1 aromatic rings. The molecule has 3 heteroatoms. The van der Waals surface area contributed by atoms with Gasteiger partial charge in [0.15, 0.2) is 0 Å². The molecule has 1 fully saturated rings. The second-order valence-electron chi connectivity index (χ2n) is 5.94. The molecule has 0 radical (unpaired) electrons. The third kappa shape index (κ3) is 2.71. The van der Waals surface area contributed by atoms with Crippen molar-refractivity contribution in [2.24, 2.45) is 0 Å². The molecular formula is C16H24N2O. The maximum absolute atomic E-state index is 5.77. The van der Waals surface area contributed by atoms with Crippen molar-refractivity contribution in [3.05, 3.63) is 23.8 Å². The van der Waals surface area contributed by atoms with Crippen molar-refractivity contribution in [2.45, 2.75) is 45.2 Å². The third-order valence-corrected chi connectivity index (χ3v) is 4.19. The van der Waals surface area contributed by atoms with E-state index in [0.717, 1.165) is 25.3 Å². The number of hydrogen-bond acceptors (Lipinski definition) is 3. The zero-order chi connectivity index (χ0) is 13.2. The van der Waals surface area contributed by atoms with Gasteiger partial charge in [-0.25, -0.2) is 0 Å². The van der Waals surface area contributed by atoms with Crippen LogP contribution in [0.5, 0.6) is 5.75 Å². The summed E-state index contributed by atoms with van der Waals surface area (Å²) in [5.41, 5.74) is 2.70. The first-order valence-corrected chi connectivity index (χ1v) is 7.50. The van der Waals surface area contributed by atoms with E-state index in [1.807, 2.05) is 0 Å². The van der Waals surface area contributed by atoms with Gasteiger partial charge in [0.2, 0.25) is 0 Å². The summed E-state index contributed by atoms with van der Waals surface area (Å²) in [4.78, 5) is 2.45. The van der Waals surface area contributed by atoms with Gasteiger partial charge in [-0.1, -0.05) is 6.07 Å². The molecule has 0 aliphatic carbocycles. The van der Waals surface area contributed by atoms with Gasteiger partial charge in [-0.2, -0.15) is 0 Å². The van der Waals surface area contributed by atoms with E-state index in [9.17, 15) is 0 Å². The van der Waals surface area contributed by atoms with Crippen molar-refractivity contribution in [3.8, 4) is 5.75 Å². The van der Waals surface area contributed by atoms with Gasteiger partial charge >= 0.3 is 0 Å². The normalized spacial score (nSPS) is 22.5. The highest BCUT2D eigenvalue weighted by Crippen LogP contribution is 2.34. The van der Waals surface area contributed by atoms with Gasteiger partial charge in [-0.05, 0) is 57.4 Å². The molecule has 1 N–H and O–H groups in total. The van der Waals surface area contributed by atoms with Crippen LogP contribution in [0.3, 0.4) is 0 Å². The Morgan fingerprint density at radius 3 is 3.05 bits per heavy atom. The lowest BCUT2D eigenvalue weighted by Gasteiger charge is -2.34. The van der Waals surface area contributed by atoms with E-state index in [2.05, 4.69) is 42.3 Å². The highest BCUT2D eigenvalue weighted by atomic mass is 16.5. The van der Waals surface area contributed by atoms with E-state index in [4.69, 9.17) is 4.74 Å². The number of fused-ring (bicyclic) bond motifs is 1. The fraction of sp³-hybridized carbons (Fsp3) is 0.625. The zero-order valence-corrected chi connectivity index (χ0v) is 12.0. The molecule has 0 spiro atoms. The first kappa shape index (κ1) is 12.8. The van der Waals surface area contributed by atoms with E-state index in [1.54, 1.807) is 0 Å². The Kier molecular flexibility index (Phi) is 3.65. The molecule has 0 aromatic heterocycles. The maximum Gasteiger partial charge on any atom is 0.142 e. The summed E-state index contributed by atoms with van der Waals surface area (Å²) in [6, 6.07) is 7.89. The highest BCUT2D eigenvalue weighted by Gasteiger charge is 2.21. The predicted molar refractivity (Wildman–Crippen MR) is 79.1 cm³/mol. The number of rotatable bonds is 3. The van der Waals surface area contributed by atoms with Crippen molar-refractivity contribution < 1.29 is 4.74 Å². The summed E-state index contributed by atoms with van der Waals surface area (Å²) in [5.74, 6) is 1.04. The fourth-order valence-electron chi connectivity index (χ4n) is 3.16. The van der Waals surface area contributed by atoms with Crippen LogP contribution in [0.15, 0.2) is 18.2 Å². The van der Waals surface area contributed by atoms with Crippen LogP contribution in [0.1, 0.15) is 32.3 Å². The Morgan fingerprint density at radius 2 is 2.32 bits per heavy atom. The quantitative estimate of drug-likeness (QED) is 0.904. The minimum Gasteiger partial charge on any atom is -0.490 e. The number of nitrogens with zero attached hydrogens (tertiary/aromatic N) is 1.